The number of benzene rings is 3. The lowest BCUT2D eigenvalue weighted by Crippen LogP contribution is -2.32. The van der Waals surface area contributed by atoms with Crippen LogP contribution in [0.1, 0.15) is 43.6 Å². The molecule has 3 aliphatic carbocycles. The topological polar surface area (TPSA) is 3.24 Å². The van der Waals surface area contributed by atoms with Crippen LogP contribution in [0.5, 0.6) is 0 Å². The number of fused-ring (bicyclic) bond motifs is 5. The first kappa shape index (κ1) is 22.7. The second-order valence-electron chi connectivity index (χ2n) is 11.5. The fourth-order valence-electron chi connectivity index (χ4n) is 7.74. The van der Waals surface area contributed by atoms with E-state index in [-0.39, 0.29) is 0 Å². The number of rotatable bonds is 3. The first-order valence-corrected chi connectivity index (χ1v) is 15.2. The van der Waals surface area contributed by atoms with Gasteiger partial charge in [-0.25, -0.2) is 0 Å². The lowest BCUT2D eigenvalue weighted by molar-refractivity contribution is 0.364. The molecule has 5 atom stereocenters. The van der Waals surface area contributed by atoms with Crippen LogP contribution in [0.2, 0.25) is 0 Å². The molecule has 8 rings (SSSR count). The van der Waals surface area contributed by atoms with Gasteiger partial charge in [-0.2, -0.15) is 0 Å². The number of hydrogen-bond acceptors (Lipinski definition) is 2. The Kier molecular flexibility index (Phi) is 5.50. The lowest BCUT2D eigenvalue weighted by atomic mass is 9.72. The summed E-state index contributed by atoms with van der Waals surface area (Å²) in [4.78, 5) is 4.19. The predicted molar refractivity (Wildman–Crippen MR) is 160 cm³/mol. The highest BCUT2D eigenvalue weighted by atomic mass is 32.2. The third-order valence-electron chi connectivity index (χ3n) is 9.52. The maximum atomic E-state index is 2.65. The van der Waals surface area contributed by atoms with E-state index in [1.165, 1.54) is 47.4 Å². The molecule has 0 bridgehead atoms. The Bertz CT molecular complexity index is 1510. The van der Waals surface area contributed by atoms with Crippen molar-refractivity contribution in [3.05, 3.63) is 132 Å². The van der Waals surface area contributed by atoms with Gasteiger partial charge in [0.2, 0.25) is 0 Å². The number of nitrogens with zero attached hydrogens (tertiary/aromatic N) is 1. The van der Waals surface area contributed by atoms with Crippen LogP contribution in [-0.2, 0) is 0 Å². The minimum absolute atomic E-state index is 0.375. The van der Waals surface area contributed by atoms with Crippen LogP contribution in [0.4, 0.5) is 5.69 Å². The molecule has 0 saturated heterocycles. The molecule has 1 fully saturated rings. The van der Waals surface area contributed by atoms with Crippen molar-refractivity contribution in [3.63, 3.8) is 0 Å². The monoisotopic (exact) mass is 511 g/mol. The summed E-state index contributed by atoms with van der Waals surface area (Å²) in [6, 6.07) is 29.5. The van der Waals surface area contributed by atoms with Gasteiger partial charge in [0.1, 0.15) is 0 Å². The highest BCUT2D eigenvalue weighted by Gasteiger charge is 2.43. The lowest BCUT2D eigenvalue weighted by Gasteiger charge is -2.35. The van der Waals surface area contributed by atoms with Crippen molar-refractivity contribution in [1.29, 1.82) is 0 Å². The van der Waals surface area contributed by atoms with Gasteiger partial charge < -0.3 is 4.90 Å². The largest absolute Gasteiger partial charge is 0.337 e. The Morgan fingerprint density at radius 1 is 0.763 bits per heavy atom. The Labute approximate surface area is 230 Å². The first-order chi connectivity index (χ1) is 18.8. The molecule has 1 saturated carbocycles. The molecular weight excluding hydrogens is 478 g/mol. The van der Waals surface area contributed by atoms with Gasteiger partial charge in [-0.15, -0.1) is 11.8 Å². The molecule has 0 amide bonds. The Morgan fingerprint density at radius 2 is 1.61 bits per heavy atom. The number of hydrogen-bond donors (Lipinski definition) is 0. The summed E-state index contributed by atoms with van der Waals surface area (Å²) in [5.41, 5.74) is 10.4. The molecule has 0 aromatic heterocycles. The maximum Gasteiger partial charge on any atom is 0.0626 e. The minimum Gasteiger partial charge on any atom is -0.337 e. The Hall–Kier alpha value is -3.23. The van der Waals surface area contributed by atoms with E-state index in [9.17, 15) is 0 Å². The van der Waals surface area contributed by atoms with Gasteiger partial charge in [0.05, 0.1) is 6.04 Å². The summed E-state index contributed by atoms with van der Waals surface area (Å²) < 4.78 is 0. The normalized spacial score (nSPS) is 29.0. The summed E-state index contributed by atoms with van der Waals surface area (Å²) in [7, 11) is 0. The van der Waals surface area contributed by atoms with Crippen LogP contribution in [0.15, 0.2) is 131 Å². The van der Waals surface area contributed by atoms with E-state index in [1.54, 1.807) is 22.4 Å². The zero-order valence-corrected chi connectivity index (χ0v) is 22.5. The molecule has 2 heterocycles. The molecule has 3 aromatic rings. The van der Waals surface area contributed by atoms with E-state index in [0.29, 0.717) is 12.0 Å². The minimum atomic E-state index is 0.375. The van der Waals surface area contributed by atoms with Gasteiger partial charge in [-0.1, -0.05) is 96.6 Å². The van der Waals surface area contributed by atoms with Crippen LogP contribution >= 0.6 is 11.8 Å². The van der Waals surface area contributed by atoms with E-state index >= 15 is 0 Å². The number of anilines is 1. The van der Waals surface area contributed by atoms with Crippen molar-refractivity contribution >= 4 is 17.4 Å². The number of thioether (sulfide) groups is 1. The van der Waals surface area contributed by atoms with Gasteiger partial charge >= 0.3 is 0 Å². The van der Waals surface area contributed by atoms with Crippen LogP contribution in [0.3, 0.4) is 0 Å². The van der Waals surface area contributed by atoms with Crippen molar-refractivity contribution in [1.82, 2.24) is 0 Å². The molecule has 2 aliphatic heterocycles. The smallest absolute Gasteiger partial charge is 0.0626 e. The van der Waals surface area contributed by atoms with Gasteiger partial charge in [0.15, 0.2) is 0 Å². The van der Waals surface area contributed by atoms with Crippen LogP contribution in [-0.4, -0.2) is 11.3 Å². The van der Waals surface area contributed by atoms with Gasteiger partial charge in [0, 0.05) is 27.4 Å². The van der Waals surface area contributed by atoms with Gasteiger partial charge in [-0.3, -0.25) is 0 Å². The summed E-state index contributed by atoms with van der Waals surface area (Å²) in [6.45, 7) is 0. The summed E-state index contributed by atoms with van der Waals surface area (Å²) >= 11 is 2.14. The highest BCUT2D eigenvalue weighted by Crippen LogP contribution is 2.55. The third kappa shape index (κ3) is 3.68. The van der Waals surface area contributed by atoms with Crippen molar-refractivity contribution in [3.8, 4) is 11.1 Å². The Morgan fingerprint density at radius 3 is 2.55 bits per heavy atom. The predicted octanol–water partition coefficient (Wildman–Crippen LogP) is 9.32. The standard InChI is InChI=1S/C36H33NS/c1-2-9-24(10-3-1)25-11-8-12-28(21-25)37-33-15-6-4-13-29(33)31-22-26(17-19-34(31)37)27-18-20-36-32(23-27)30-14-5-7-16-35(30)38-36/h1-16,21-22,27,29,32-33,36H,17-20,23H2. The molecule has 5 unspecified atom stereocenters. The van der Waals surface area contributed by atoms with Crippen molar-refractivity contribution < 1.29 is 0 Å². The van der Waals surface area contributed by atoms with Gasteiger partial charge in [-0.05, 0) is 84.4 Å². The fourth-order valence-corrected chi connectivity index (χ4v) is 9.26. The fraction of sp³-hybridized carbons (Fsp3) is 0.278. The Balaban J connectivity index is 1.13. The molecule has 0 spiro atoms. The average molecular weight is 512 g/mol. The molecule has 0 N–H and O–H groups in total. The summed E-state index contributed by atoms with van der Waals surface area (Å²) in [5.74, 6) is 1.91. The average Bonchev–Trinajstić information content (AvgIpc) is 3.53. The zero-order valence-electron chi connectivity index (χ0n) is 21.7. The SMILES string of the molecule is C1=CC2C3=C(CCC(C4CCC5Sc6ccccc6C5C4)=C3)N(c3cccc(-c4ccccc4)c3)C2C=C1. The van der Waals surface area contributed by atoms with Crippen LogP contribution < -0.4 is 4.90 Å². The molecule has 188 valence electrons. The molecule has 0 radical (unpaired) electrons. The van der Waals surface area contributed by atoms with Crippen molar-refractivity contribution in [2.75, 3.05) is 4.90 Å². The molecule has 5 aliphatic rings. The quantitative estimate of drug-likeness (QED) is 0.345. The zero-order chi connectivity index (χ0) is 25.1. The molecule has 1 nitrogen and oxygen atoms in total. The summed E-state index contributed by atoms with van der Waals surface area (Å²) in [6.07, 6.45) is 18.4. The van der Waals surface area contributed by atoms with E-state index in [0.717, 1.165) is 23.5 Å². The van der Waals surface area contributed by atoms with Crippen LogP contribution in [0, 0.1) is 11.8 Å². The maximum absolute atomic E-state index is 2.65. The first-order valence-electron chi connectivity index (χ1n) is 14.3. The summed E-state index contributed by atoms with van der Waals surface area (Å²) in [5, 5.41) is 0.789. The molecule has 3 aromatic carbocycles. The van der Waals surface area contributed by atoms with E-state index in [1.807, 2.05) is 0 Å². The molecular formula is C36H33NS. The second-order valence-corrected chi connectivity index (χ2v) is 12.8. The highest BCUT2D eigenvalue weighted by molar-refractivity contribution is 8.00. The molecule has 38 heavy (non-hydrogen) atoms. The van der Waals surface area contributed by atoms with Crippen molar-refractivity contribution in [2.45, 2.75) is 54.2 Å². The second kappa shape index (κ2) is 9.20. The van der Waals surface area contributed by atoms with E-state index < -0.39 is 0 Å². The van der Waals surface area contributed by atoms with E-state index in [4.69, 9.17) is 0 Å². The van der Waals surface area contributed by atoms with E-state index in [2.05, 4.69) is 126 Å². The van der Waals surface area contributed by atoms with Crippen LogP contribution in [0.25, 0.3) is 11.1 Å². The number of allylic oxidation sites excluding steroid dienone is 5. The third-order valence-corrected chi connectivity index (χ3v) is 11.0. The molecule has 2 heteroatoms. The van der Waals surface area contributed by atoms with Crippen molar-refractivity contribution in [2.24, 2.45) is 11.8 Å². The van der Waals surface area contributed by atoms with Gasteiger partial charge in [0.25, 0.3) is 0 Å².